The Bertz CT molecular complexity index is 881. The molecule has 7 nitrogen and oxygen atoms in total. The molecule has 0 saturated carbocycles. The first kappa shape index (κ1) is 22.9. The molecule has 1 amide bonds. The molecule has 0 saturated heterocycles. The summed E-state index contributed by atoms with van der Waals surface area (Å²) in [5.74, 6) is -0.847. The first-order chi connectivity index (χ1) is 14.1. The van der Waals surface area contributed by atoms with Crippen LogP contribution in [0.4, 0.5) is 4.79 Å². The van der Waals surface area contributed by atoms with Gasteiger partial charge < -0.3 is 19.5 Å². The molecule has 7 heteroatoms. The van der Waals surface area contributed by atoms with Crippen molar-refractivity contribution in [2.75, 3.05) is 14.2 Å². The van der Waals surface area contributed by atoms with Gasteiger partial charge in [-0.15, -0.1) is 0 Å². The molecule has 0 aliphatic rings. The molecule has 2 aromatic carbocycles. The van der Waals surface area contributed by atoms with Crippen molar-refractivity contribution in [1.29, 1.82) is 0 Å². The zero-order valence-corrected chi connectivity index (χ0v) is 17.9. The van der Waals surface area contributed by atoms with Crippen LogP contribution in [0.3, 0.4) is 0 Å². The molecule has 0 spiro atoms. The third-order valence-electron chi connectivity index (χ3n) is 4.24. The second-order valence-corrected chi connectivity index (χ2v) is 7.71. The third kappa shape index (κ3) is 6.62. The Hall–Kier alpha value is -3.35. The smallest absolute Gasteiger partial charge is 0.408 e. The third-order valence-corrected chi connectivity index (χ3v) is 4.24. The van der Waals surface area contributed by atoms with Crippen LogP contribution in [-0.4, -0.2) is 37.9 Å². The van der Waals surface area contributed by atoms with Crippen molar-refractivity contribution in [1.82, 2.24) is 5.32 Å². The monoisotopic (exact) mass is 413 g/mol. The number of carbonyl (C=O) groups is 3. The quantitative estimate of drug-likeness (QED) is 0.567. The van der Waals surface area contributed by atoms with Crippen molar-refractivity contribution < 1.29 is 28.6 Å². The first-order valence-electron chi connectivity index (χ1n) is 9.48. The van der Waals surface area contributed by atoms with Crippen LogP contribution in [0.5, 0.6) is 0 Å². The van der Waals surface area contributed by atoms with E-state index in [1.165, 1.54) is 14.2 Å². The van der Waals surface area contributed by atoms with Crippen LogP contribution >= 0.6 is 0 Å². The van der Waals surface area contributed by atoms with Crippen LogP contribution in [0.1, 0.15) is 58.7 Å². The SMILES string of the molecule is COC(=O)c1ccc(CC(NC(=O)OC(C)(C)C)c2ccc(C(=O)OC)cc2)cc1. The Morgan fingerprint density at radius 2 is 1.30 bits per heavy atom. The molecule has 2 rings (SSSR count). The van der Waals surface area contributed by atoms with Gasteiger partial charge in [-0.2, -0.15) is 0 Å². The summed E-state index contributed by atoms with van der Waals surface area (Å²) in [4.78, 5) is 35.7. The fourth-order valence-corrected chi connectivity index (χ4v) is 2.80. The maximum atomic E-state index is 12.4. The molecule has 1 N–H and O–H groups in total. The van der Waals surface area contributed by atoms with E-state index in [1.54, 1.807) is 69.3 Å². The van der Waals surface area contributed by atoms with E-state index in [0.29, 0.717) is 17.5 Å². The minimum absolute atomic E-state index is 0.407. The number of alkyl carbamates (subject to hydrolysis) is 1. The van der Waals surface area contributed by atoms with Gasteiger partial charge in [0.25, 0.3) is 0 Å². The van der Waals surface area contributed by atoms with Gasteiger partial charge in [0.1, 0.15) is 5.60 Å². The van der Waals surface area contributed by atoms with E-state index >= 15 is 0 Å². The van der Waals surface area contributed by atoms with Crippen LogP contribution in [0.15, 0.2) is 48.5 Å². The molecule has 0 aliphatic heterocycles. The lowest BCUT2D eigenvalue weighted by Gasteiger charge is -2.24. The maximum absolute atomic E-state index is 12.4. The molecule has 1 unspecified atom stereocenters. The van der Waals surface area contributed by atoms with E-state index in [2.05, 4.69) is 5.32 Å². The molecule has 0 bridgehead atoms. The Morgan fingerprint density at radius 1 is 0.833 bits per heavy atom. The standard InChI is InChI=1S/C23H27NO6/c1-23(2,3)30-22(27)24-19(16-10-12-18(13-11-16)21(26)29-5)14-15-6-8-17(9-7-15)20(25)28-4/h6-13,19H,14H2,1-5H3,(H,24,27). The van der Waals surface area contributed by atoms with Gasteiger partial charge in [0.2, 0.25) is 0 Å². The lowest BCUT2D eigenvalue weighted by Crippen LogP contribution is -2.35. The van der Waals surface area contributed by atoms with E-state index in [4.69, 9.17) is 14.2 Å². The molecule has 0 aromatic heterocycles. The molecule has 1 atom stereocenters. The Balaban J connectivity index is 2.25. The number of hydrogen-bond acceptors (Lipinski definition) is 6. The van der Waals surface area contributed by atoms with Crippen molar-refractivity contribution >= 4 is 18.0 Å². The summed E-state index contributed by atoms with van der Waals surface area (Å²) >= 11 is 0. The van der Waals surface area contributed by atoms with Crippen molar-refractivity contribution in [3.05, 3.63) is 70.8 Å². The average molecular weight is 413 g/mol. The normalized spacial score (nSPS) is 11.9. The molecule has 0 aliphatic carbocycles. The van der Waals surface area contributed by atoms with E-state index in [1.807, 2.05) is 0 Å². The number of methoxy groups -OCH3 is 2. The highest BCUT2D eigenvalue weighted by atomic mass is 16.6. The zero-order chi connectivity index (χ0) is 22.3. The molecule has 0 radical (unpaired) electrons. The van der Waals surface area contributed by atoms with E-state index < -0.39 is 29.7 Å². The number of benzene rings is 2. The summed E-state index contributed by atoms with van der Waals surface area (Å²) in [6.07, 6.45) is -0.0890. The number of amides is 1. The summed E-state index contributed by atoms with van der Waals surface area (Å²) in [7, 11) is 2.65. The minimum Gasteiger partial charge on any atom is -0.465 e. The fourth-order valence-electron chi connectivity index (χ4n) is 2.80. The van der Waals surface area contributed by atoms with E-state index in [9.17, 15) is 14.4 Å². The summed E-state index contributed by atoms with van der Waals surface area (Å²) < 4.78 is 14.8. The van der Waals surface area contributed by atoms with Crippen molar-refractivity contribution in [2.45, 2.75) is 38.8 Å². The van der Waals surface area contributed by atoms with Crippen molar-refractivity contribution in [3.63, 3.8) is 0 Å². The Labute approximate surface area is 176 Å². The predicted octanol–water partition coefficient (Wildman–Crippen LogP) is 4.07. The predicted molar refractivity (Wildman–Crippen MR) is 111 cm³/mol. The lowest BCUT2D eigenvalue weighted by molar-refractivity contribution is 0.0501. The lowest BCUT2D eigenvalue weighted by atomic mass is 9.97. The molecular weight excluding hydrogens is 386 g/mol. The van der Waals surface area contributed by atoms with Crippen LogP contribution in [0.25, 0.3) is 0 Å². The summed E-state index contributed by atoms with van der Waals surface area (Å²) in [6.45, 7) is 5.37. The molecule has 160 valence electrons. The van der Waals surface area contributed by atoms with Gasteiger partial charge in [-0.05, 0) is 62.6 Å². The molecule has 2 aromatic rings. The maximum Gasteiger partial charge on any atom is 0.408 e. The number of nitrogens with one attached hydrogen (secondary N) is 1. The van der Waals surface area contributed by atoms with Gasteiger partial charge in [-0.1, -0.05) is 24.3 Å². The fraction of sp³-hybridized carbons (Fsp3) is 0.348. The molecular formula is C23H27NO6. The summed E-state index contributed by atoms with van der Waals surface area (Å²) in [5, 5.41) is 2.88. The average Bonchev–Trinajstić information content (AvgIpc) is 2.71. The van der Waals surface area contributed by atoms with E-state index in [0.717, 1.165) is 11.1 Å². The van der Waals surface area contributed by atoms with Gasteiger partial charge in [0.05, 0.1) is 31.4 Å². The van der Waals surface area contributed by atoms with Gasteiger partial charge in [-0.25, -0.2) is 14.4 Å². The molecule has 0 fully saturated rings. The number of esters is 2. The second kappa shape index (κ2) is 9.91. The number of ether oxygens (including phenoxy) is 3. The molecule has 0 heterocycles. The number of hydrogen-bond donors (Lipinski definition) is 1. The van der Waals surface area contributed by atoms with Crippen LogP contribution < -0.4 is 5.32 Å². The second-order valence-electron chi connectivity index (χ2n) is 7.71. The number of carbonyl (C=O) groups excluding carboxylic acids is 3. The first-order valence-corrected chi connectivity index (χ1v) is 9.48. The largest absolute Gasteiger partial charge is 0.465 e. The van der Waals surface area contributed by atoms with Crippen molar-refractivity contribution in [3.8, 4) is 0 Å². The highest BCUT2D eigenvalue weighted by Crippen LogP contribution is 2.21. The minimum atomic E-state index is -0.633. The molecule has 30 heavy (non-hydrogen) atoms. The van der Waals surface area contributed by atoms with Crippen LogP contribution in [0, 0.1) is 0 Å². The Morgan fingerprint density at radius 3 is 1.73 bits per heavy atom. The zero-order valence-electron chi connectivity index (χ0n) is 17.9. The highest BCUT2D eigenvalue weighted by Gasteiger charge is 2.21. The van der Waals surface area contributed by atoms with Crippen LogP contribution in [-0.2, 0) is 20.6 Å². The number of rotatable bonds is 6. The van der Waals surface area contributed by atoms with Crippen LogP contribution in [0.2, 0.25) is 0 Å². The van der Waals surface area contributed by atoms with Gasteiger partial charge >= 0.3 is 18.0 Å². The van der Waals surface area contributed by atoms with E-state index in [-0.39, 0.29) is 0 Å². The van der Waals surface area contributed by atoms with Gasteiger partial charge in [0, 0.05) is 0 Å². The topological polar surface area (TPSA) is 90.9 Å². The Kier molecular flexibility index (Phi) is 7.58. The van der Waals surface area contributed by atoms with Crippen molar-refractivity contribution in [2.24, 2.45) is 0 Å². The van der Waals surface area contributed by atoms with Gasteiger partial charge in [-0.3, -0.25) is 0 Å². The highest BCUT2D eigenvalue weighted by molar-refractivity contribution is 5.89. The summed E-state index contributed by atoms with van der Waals surface area (Å²) in [5.41, 5.74) is 1.93. The summed E-state index contributed by atoms with van der Waals surface area (Å²) in [6, 6.07) is 13.4. The van der Waals surface area contributed by atoms with Gasteiger partial charge in [0.15, 0.2) is 0 Å².